The number of hydrogen-bond donors (Lipinski definition) is 1. The van der Waals surface area contributed by atoms with Crippen LogP contribution >= 0.6 is 0 Å². The number of carboxylic acids is 1. The third-order valence-corrected chi connectivity index (χ3v) is 5.70. The first-order chi connectivity index (χ1) is 12.9. The van der Waals surface area contributed by atoms with Crippen LogP contribution in [0.15, 0.2) is 47.4 Å². The van der Waals surface area contributed by atoms with Crippen LogP contribution in [0, 0.1) is 0 Å². The number of methoxy groups -OCH3 is 2. The van der Waals surface area contributed by atoms with E-state index in [-0.39, 0.29) is 17.7 Å². The Morgan fingerprint density at radius 1 is 1.07 bits per heavy atom. The molecule has 0 saturated heterocycles. The zero-order chi connectivity index (χ0) is 19.6. The second-order valence-corrected chi connectivity index (χ2v) is 7.51. The van der Waals surface area contributed by atoms with Crippen molar-refractivity contribution in [2.75, 3.05) is 14.2 Å². The van der Waals surface area contributed by atoms with Gasteiger partial charge in [-0.3, -0.25) is 4.79 Å². The highest BCUT2D eigenvalue weighted by Gasteiger charge is 2.23. The van der Waals surface area contributed by atoms with Crippen molar-refractivity contribution in [2.24, 2.45) is 0 Å². The zero-order valence-electron chi connectivity index (χ0n) is 14.7. The maximum Gasteiger partial charge on any atom is 0.303 e. The molecule has 142 valence electrons. The molecular weight excluding hydrogens is 372 g/mol. The van der Waals surface area contributed by atoms with Gasteiger partial charge in [-0.05, 0) is 36.4 Å². The molecule has 3 aromatic rings. The number of fused-ring (bicyclic) bond motifs is 1. The smallest absolute Gasteiger partial charge is 0.303 e. The lowest BCUT2D eigenvalue weighted by atomic mass is 10.1. The van der Waals surface area contributed by atoms with E-state index in [0.29, 0.717) is 28.1 Å². The Balaban J connectivity index is 2.17. The quantitative estimate of drug-likeness (QED) is 0.659. The fourth-order valence-electron chi connectivity index (χ4n) is 2.70. The maximum atomic E-state index is 13.1. The first-order valence-electron chi connectivity index (χ1n) is 8.04. The van der Waals surface area contributed by atoms with E-state index in [2.05, 4.69) is 5.10 Å². The lowest BCUT2D eigenvalue weighted by molar-refractivity contribution is -0.136. The third-order valence-electron chi connectivity index (χ3n) is 4.09. The molecule has 0 fully saturated rings. The topological polar surface area (TPSA) is 108 Å². The normalized spacial score (nSPS) is 11.5. The number of nitrogens with zero attached hydrogens (tertiary/aromatic N) is 2. The van der Waals surface area contributed by atoms with E-state index in [1.54, 1.807) is 30.3 Å². The molecule has 0 amide bonds. The van der Waals surface area contributed by atoms with Gasteiger partial charge >= 0.3 is 5.97 Å². The molecule has 3 rings (SSSR count). The van der Waals surface area contributed by atoms with Crippen molar-refractivity contribution in [1.29, 1.82) is 0 Å². The van der Waals surface area contributed by atoms with Gasteiger partial charge in [-0.2, -0.15) is 17.6 Å². The van der Waals surface area contributed by atoms with Crippen molar-refractivity contribution >= 4 is 26.9 Å². The molecule has 0 unspecified atom stereocenters. The summed E-state index contributed by atoms with van der Waals surface area (Å²) in [6.07, 6.45) is -0.0377. The van der Waals surface area contributed by atoms with E-state index < -0.39 is 16.0 Å². The van der Waals surface area contributed by atoms with Gasteiger partial charge in [-0.1, -0.05) is 0 Å². The van der Waals surface area contributed by atoms with Crippen LogP contribution in [-0.4, -0.2) is 42.9 Å². The first kappa shape index (κ1) is 18.7. The molecule has 1 aromatic heterocycles. The van der Waals surface area contributed by atoms with Crippen LogP contribution in [0.5, 0.6) is 11.5 Å². The van der Waals surface area contributed by atoms with E-state index in [0.717, 1.165) is 4.09 Å². The van der Waals surface area contributed by atoms with E-state index in [1.807, 2.05) is 0 Å². The molecule has 0 bridgehead atoms. The molecule has 27 heavy (non-hydrogen) atoms. The number of aromatic nitrogens is 2. The number of rotatable bonds is 7. The van der Waals surface area contributed by atoms with E-state index >= 15 is 0 Å². The van der Waals surface area contributed by atoms with Gasteiger partial charge in [-0.25, -0.2) is 0 Å². The molecule has 0 aliphatic heterocycles. The Bertz CT molecular complexity index is 1090. The fraction of sp³-hybridized carbons (Fsp3) is 0.222. The van der Waals surface area contributed by atoms with Gasteiger partial charge in [0.15, 0.2) is 0 Å². The highest BCUT2D eigenvalue weighted by molar-refractivity contribution is 7.90. The summed E-state index contributed by atoms with van der Waals surface area (Å²) >= 11 is 0. The average molecular weight is 390 g/mol. The molecule has 0 saturated carbocycles. The van der Waals surface area contributed by atoms with E-state index in [1.165, 1.54) is 26.4 Å². The number of carbonyl (C=O) groups is 1. The minimum atomic E-state index is -3.99. The second kappa shape index (κ2) is 7.28. The lowest BCUT2D eigenvalue weighted by Gasteiger charge is -2.07. The third kappa shape index (κ3) is 3.59. The Labute approximate surface area is 156 Å². The first-order valence-corrected chi connectivity index (χ1v) is 9.48. The Morgan fingerprint density at radius 3 is 2.30 bits per heavy atom. The molecule has 8 nitrogen and oxygen atoms in total. The predicted molar refractivity (Wildman–Crippen MR) is 97.8 cm³/mol. The Kier molecular flexibility index (Phi) is 5.04. The molecule has 1 heterocycles. The van der Waals surface area contributed by atoms with Gasteiger partial charge in [0.2, 0.25) is 0 Å². The molecule has 0 aliphatic carbocycles. The number of aryl methyl sites for hydroxylation is 1. The SMILES string of the molecule is COc1ccc(S(=O)(=O)n2nc(CCC(=O)O)c3ccc(OC)cc32)cc1. The Morgan fingerprint density at radius 2 is 1.70 bits per heavy atom. The van der Waals surface area contributed by atoms with E-state index in [4.69, 9.17) is 14.6 Å². The van der Waals surface area contributed by atoms with Gasteiger partial charge in [0.05, 0.1) is 36.7 Å². The summed E-state index contributed by atoms with van der Waals surface area (Å²) in [7, 11) is -1.02. The summed E-state index contributed by atoms with van der Waals surface area (Å²) in [5.74, 6) is 0.0191. The molecule has 2 aromatic carbocycles. The molecule has 0 aliphatic rings. The van der Waals surface area contributed by atoms with Gasteiger partial charge < -0.3 is 14.6 Å². The summed E-state index contributed by atoms with van der Waals surface area (Å²) in [6, 6.07) is 10.9. The van der Waals surface area contributed by atoms with Crippen molar-refractivity contribution < 1.29 is 27.8 Å². The fourth-order valence-corrected chi connectivity index (χ4v) is 3.99. The standard InChI is InChI=1S/C18H18N2O6S/c1-25-12-3-6-14(7-4-12)27(23,24)20-17-11-13(26-2)5-8-15(17)16(19-20)9-10-18(21)22/h3-8,11H,9-10H2,1-2H3,(H,21,22). The van der Waals surface area contributed by atoms with Crippen molar-refractivity contribution in [2.45, 2.75) is 17.7 Å². The van der Waals surface area contributed by atoms with Crippen molar-refractivity contribution in [3.05, 3.63) is 48.2 Å². The summed E-state index contributed by atoms with van der Waals surface area (Å²) in [5.41, 5.74) is 0.720. The average Bonchev–Trinajstić information content (AvgIpc) is 3.05. The molecular formula is C18H18N2O6S. The second-order valence-electron chi connectivity index (χ2n) is 5.75. The predicted octanol–water partition coefficient (Wildman–Crippen LogP) is 2.31. The summed E-state index contributed by atoms with van der Waals surface area (Å²) < 4.78 is 37.4. The van der Waals surface area contributed by atoms with Crippen LogP contribution in [0.4, 0.5) is 0 Å². The van der Waals surface area contributed by atoms with Gasteiger partial charge in [0.25, 0.3) is 10.0 Å². The zero-order valence-corrected chi connectivity index (χ0v) is 15.6. The minimum absolute atomic E-state index is 0.0419. The van der Waals surface area contributed by atoms with Crippen molar-refractivity contribution in [3.8, 4) is 11.5 Å². The highest BCUT2D eigenvalue weighted by Crippen LogP contribution is 2.28. The van der Waals surface area contributed by atoms with Crippen molar-refractivity contribution in [3.63, 3.8) is 0 Å². The molecule has 9 heteroatoms. The number of benzene rings is 2. The van der Waals surface area contributed by atoms with Crippen LogP contribution in [0.3, 0.4) is 0 Å². The van der Waals surface area contributed by atoms with Crippen LogP contribution in [0.1, 0.15) is 12.1 Å². The molecule has 0 radical (unpaired) electrons. The van der Waals surface area contributed by atoms with E-state index in [9.17, 15) is 13.2 Å². The van der Waals surface area contributed by atoms with Crippen LogP contribution in [0.25, 0.3) is 10.9 Å². The highest BCUT2D eigenvalue weighted by atomic mass is 32.2. The van der Waals surface area contributed by atoms with Gasteiger partial charge in [-0.15, -0.1) is 0 Å². The largest absolute Gasteiger partial charge is 0.497 e. The number of ether oxygens (including phenoxy) is 2. The monoisotopic (exact) mass is 390 g/mol. The van der Waals surface area contributed by atoms with Gasteiger partial charge in [0, 0.05) is 17.9 Å². The minimum Gasteiger partial charge on any atom is -0.497 e. The number of hydrogen-bond acceptors (Lipinski definition) is 6. The van der Waals surface area contributed by atoms with Crippen LogP contribution in [0.2, 0.25) is 0 Å². The van der Waals surface area contributed by atoms with Crippen LogP contribution < -0.4 is 9.47 Å². The lowest BCUT2D eigenvalue weighted by Crippen LogP contribution is -2.15. The molecule has 1 N–H and O–H groups in total. The maximum absolute atomic E-state index is 13.1. The molecule has 0 spiro atoms. The van der Waals surface area contributed by atoms with Crippen molar-refractivity contribution in [1.82, 2.24) is 9.19 Å². The number of aliphatic carboxylic acids is 1. The number of carboxylic acid groups (broad SMARTS) is 1. The summed E-state index contributed by atoms with van der Waals surface area (Å²) in [6.45, 7) is 0. The summed E-state index contributed by atoms with van der Waals surface area (Å²) in [5, 5.41) is 13.7. The van der Waals surface area contributed by atoms with Crippen LogP contribution in [-0.2, 0) is 21.2 Å². The Hall–Kier alpha value is -3.07. The molecule has 0 atom stereocenters. The summed E-state index contributed by atoms with van der Waals surface area (Å²) in [4.78, 5) is 11.0. The van der Waals surface area contributed by atoms with Gasteiger partial charge in [0.1, 0.15) is 11.5 Å².